The van der Waals surface area contributed by atoms with Gasteiger partial charge in [-0.15, -0.1) is 0 Å². The first-order chi connectivity index (χ1) is 15.2. The van der Waals surface area contributed by atoms with Gasteiger partial charge in [0.15, 0.2) is 5.82 Å². The maximum absolute atomic E-state index is 12.2. The first kappa shape index (κ1) is 29.7. The number of fused-ring (bicyclic) bond motifs is 1. The van der Waals surface area contributed by atoms with Crippen molar-refractivity contribution in [3.05, 3.63) is 40.2 Å². The van der Waals surface area contributed by atoms with Gasteiger partial charge in [-0.1, -0.05) is 0 Å². The van der Waals surface area contributed by atoms with E-state index in [1.54, 1.807) is 12.1 Å². The number of amides is 1. The minimum atomic E-state index is -1.58. The van der Waals surface area contributed by atoms with E-state index in [4.69, 9.17) is 5.73 Å². The van der Waals surface area contributed by atoms with Gasteiger partial charge in [-0.05, 0) is 37.1 Å². The average molecular weight is 489 g/mol. The zero-order chi connectivity index (χ0) is 23.3. The summed E-state index contributed by atoms with van der Waals surface area (Å²) in [6.45, 7) is 0.935. The molecule has 3 rings (SSSR count). The Morgan fingerprint density at radius 3 is 2.47 bits per heavy atom. The van der Waals surface area contributed by atoms with Crippen LogP contribution in [0.15, 0.2) is 29.1 Å². The van der Waals surface area contributed by atoms with E-state index < -0.39 is 30.3 Å². The molecule has 1 amide bonds. The Morgan fingerprint density at radius 1 is 1.18 bits per heavy atom. The van der Waals surface area contributed by atoms with Crippen molar-refractivity contribution in [1.82, 2.24) is 15.3 Å². The summed E-state index contributed by atoms with van der Waals surface area (Å²) in [6.07, 6.45) is -0.863. The maximum Gasteiger partial charge on any atom is 1.00 e. The minimum absolute atomic E-state index is 0. The number of carbonyl (C=O) groups is 3. The van der Waals surface area contributed by atoms with Crippen LogP contribution in [0.4, 0.5) is 23.1 Å². The van der Waals surface area contributed by atoms with Crippen molar-refractivity contribution in [2.75, 3.05) is 34.8 Å². The third-order valence-electron chi connectivity index (χ3n) is 4.73. The molecule has 0 fully saturated rings. The van der Waals surface area contributed by atoms with E-state index in [1.807, 2.05) is 0 Å². The van der Waals surface area contributed by atoms with E-state index in [0.717, 1.165) is 0 Å². The SMILES string of the molecule is Nc1nc2c(c(=O)[nH]1)N[C@@H](CNc1ccc(C(=O)N[C@@H](CCC(=O)[O-])C(=O)[O-])cc1)CN2.[Na+].[Na+]. The summed E-state index contributed by atoms with van der Waals surface area (Å²) in [6, 6.07) is 4.65. The second-order valence-corrected chi connectivity index (χ2v) is 7.11. The van der Waals surface area contributed by atoms with E-state index in [1.165, 1.54) is 12.1 Å². The number of nitrogens with one attached hydrogen (secondary N) is 5. The standard InChI is InChI=1S/C19H23N7O6.2Na/c20-19-25-15-14(17(30)26-19)23-11(8-22-15)7-21-10-3-1-9(2-4-10)16(29)24-12(18(31)32)5-6-13(27)28;;/h1-4,11-12,21,23H,5-8H2,(H,24,29)(H,27,28)(H,31,32)(H4,20,22,25,26,30);;/q;2*+1/p-2/t11-,12-;;/m0../s1. The third-order valence-corrected chi connectivity index (χ3v) is 4.73. The first-order valence-corrected chi connectivity index (χ1v) is 9.68. The van der Waals surface area contributed by atoms with E-state index >= 15 is 0 Å². The summed E-state index contributed by atoms with van der Waals surface area (Å²) in [4.78, 5) is 52.3. The molecular formula is C19H21N7Na2O6. The van der Waals surface area contributed by atoms with Crippen molar-refractivity contribution in [3.63, 3.8) is 0 Å². The molecule has 1 aliphatic rings. The van der Waals surface area contributed by atoms with Crippen LogP contribution in [0, 0.1) is 0 Å². The Kier molecular flexibility index (Phi) is 11.9. The molecular weight excluding hydrogens is 468 g/mol. The Labute approximate surface area is 238 Å². The molecule has 0 spiro atoms. The summed E-state index contributed by atoms with van der Waals surface area (Å²) in [7, 11) is 0. The summed E-state index contributed by atoms with van der Waals surface area (Å²) >= 11 is 0. The zero-order valence-electron chi connectivity index (χ0n) is 18.8. The molecule has 2 heterocycles. The van der Waals surface area contributed by atoms with Gasteiger partial charge in [0, 0.05) is 30.3 Å². The van der Waals surface area contributed by atoms with Gasteiger partial charge in [0.1, 0.15) is 5.69 Å². The van der Waals surface area contributed by atoms with Crippen molar-refractivity contribution >= 4 is 41.0 Å². The number of aromatic amines is 1. The number of nitrogen functional groups attached to an aromatic ring is 1. The van der Waals surface area contributed by atoms with Gasteiger partial charge in [0.25, 0.3) is 11.5 Å². The fourth-order valence-corrected chi connectivity index (χ4v) is 3.08. The summed E-state index contributed by atoms with van der Waals surface area (Å²) < 4.78 is 0. The molecule has 1 aliphatic heterocycles. The van der Waals surface area contributed by atoms with Gasteiger partial charge in [-0.2, -0.15) is 4.98 Å². The molecule has 7 N–H and O–H groups in total. The van der Waals surface area contributed by atoms with Crippen LogP contribution in [0.1, 0.15) is 23.2 Å². The van der Waals surface area contributed by atoms with E-state index in [9.17, 15) is 29.4 Å². The fraction of sp³-hybridized carbons (Fsp3) is 0.316. The van der Waals surface area contributed by atoms with Crippen LogP contribution in [0.25, 0.3) is 0 Å². The first-order valence-electron chi connectivity index (χ1n) is 9.68. The molecule has 15 heteroatoms. The number of aliphatic carboxylic acids is 2. The van der Waals surface area contributed by atoms with E-state index in [0.29, 0.717) is 30.3 Å². The Bertz CT molecular complexity index is 1080. The number of hydrogen-bond acceptors (Lipinski definition) is 11. The van der Waals surface area contributed by atoms with Crippen LogP contribution >= 0.6 is 0 Å². The smallest absolute Gasteiger partial charge is 0.550 e. The number of aromatic nitrogens is 2. The van der Waals surface area contributed by atoms with Gasteiger partial charge >= 0.3 is 59.1 Å². The molecule has 13 nitrogen and oxygen atoms in total. The largest absolute Gasteiger partial charge is 1.00 e. The van der Waals surface area contributed by atoms with Gasteiger partial charge in [0.2, 0.25) is 5.95 Å². The predicted octanol–water partition coefficient (Wildman–Crippen LogP) is -8.94. The topological polar surface area (TPSA) is 217 Å². The molecule has 2 atom stereocenters. The van der Waals surface area contributed by atoms with Crippen LogP contribution in [-0.2, 0) is 9.59 Å². The average Bonchev–Trinajstić information content (AvgIpc) is 2.75. The number of carboxylic acids is 2. The molecule has 0 aliphatic carbocycles. The summed E-state index contributed by atoms with van der Waals surface area (Å²) in [5.41, 5.74) is 6.32. The third kappa shape index (κ3) is 8.18. The monoisotopic (exact) mass is 489 g/mol. The number of carboxylic acid groups (broad SMARTS) is 2. The molecule has 170 valence electrons. The van der Waals surface area contributed by atoms with Crippen molar-refractivity contribution in [1.29, 1.82) is 0 Å². The van der Waals surface area contributed by atoms with Gasteiger partial charge in [0.05, 0.1) is 18.1 Å². The Hall–Kier alpha value is -2.29. The molecule has 0 radical (unpaired) electrons. The number of benzene rings is 1. The van der Waals surface area contributed by atoms with E-state index in [-0.39, 0.29) is 88.6 Å². The van der Waals surface area contributed by atoms with Crippen molar-refractivity contribution in [2.45, 2.75) is 24.9 Å². The van der Waals surface area contributed by atoms with Gasteiger partial charge in [-0.3, -0.25) is 14.6 Å². The molecule has 34 heavy (non-hydrogen) atoms. The number of nitrogens with zero attached hydrogens (tertiary/aromatic N) is 1. The van der Waals surface area contributed by atoms with Crippen LogP contribution in [-0.4, -0.2) is 53.0 Å². The fourth-order valence-electron chi connectivity index (χ4n) is 3.08. The normalized spacial score (nSPS) is 14.5. The maximum atomic E-state index is 12.2. The number of H-pyrrole nitrogens is 1. The van der Waals surface area contributed by atoms with Crippen molar-refractivity contribution in [3.8, 4) is 0 Å². The number of hydrogen-bond donors (Lipinski definition) is 6. The second kappa shape index (κ2) is 13.6. The Morgan fingerprint density at radius 2 is 1.85 bits per heavy atom. The van der Waals surface area contributed by atoms with Crippen LogP contribution in [0.5, 0.6) is 0 Å². The van der Waals surface area contributed by atoms with Crippen LogP contribution < -0.4 is 102 Å². The number of anilines is 4. The molecule has 0 unspecified atom stereocenters. The predicted molar refractivity (Wildman–Crippen MR) is 111 cm³/mol. The van der Waals surface area contributed by atoms with Crippen molar-refractivity contribution < 1.29 is 83.7 Å². The quantitative estimate of drug-likeness (QED) is 0.182. The van der Waals surface area contributed by atoms with Gasteiger partial charge in [-0.25, -0.2) is 0 Å². The number of nitrogens with two attached hydrogens (primary N) is 1. The second-order valence-electron chi connectivity index (χ2n) is 7.11. The summed E-state index contributed by atoms with van der Waals surface area (Å²) in [5, 5.41) is 33.1. The van der Waals surface area contributed by atoms with Crippen molar-refractivity contribution in [2.24, 2.45) is 0 Å². The summed E-state index contributed by atoms with van der Waals surface area (Å²) in [5.74, 6) is -3.27. The molecule has 1 aromatic heterocycles. The van der Waals surface area contributed by atoms with Gasteiger partial charge < -0.3 is 46.8 Å². The van der Waals surface area contributed by atoms with Crippen LogP contribution in [0.2, 0.25) is 0 Å². The molecule has 0 saturated heterocycles. The number of carbonyl (C=O) groups excluding carboxylic acids is 3. The van der Waals surface area contributed by atoms with Crippen LogP contribution in [0.3, 0.4) is 0 Å². The molecule has 0 bridgehead atoms. The molecule has 0 saturated carbocycles. The Balaban J connectivity index is 0.00000289. The minimum Gasteiger partial charge on any atom is -0.550 e. The van der Waals surface area contributed by atoms with E-state index in [2.05, 4.69) is 31.2 Å². The molecule has 2 aromatic rings. The zero-order valence-corrected chi connectivity index (χ0v) is 22.8. The molecule has 1 aromatic carbocycles. The number of rotatable bonds is 9.